The average Bonchev–Trinajstić information content (AvgIpc) is 1.65. The molecule has 0 radical (unpaired) electrons. The van der Waals surface area contributed by atoms with Crippen molar-refractivity contribution in [2.75, 3.05) is 5.75 Å². The fourth-order valence-electron chi connectivity index (χ4n) is 0.283. The lowest BCUT2D eigenvalue weighted by molar-refractivity contribution is 0.274. The second-order valence-corrected chi connectivity index (χ2v) is 3.18. The van der Waals surface area contributed by atoms with E-state index >= 15 is 0 Å². The van der Waals surface area contributed by atoms with Crippen LogP contribution in [-0.4, -0.2) is 17.9 Å². The number of nitrogens with two attached hydrogens (primary N) is 1. The van der Waals surface area contributed by atoms with E-state index < -0.39 is 0 Å². The first-order valence-electron chi connectivity index (χ1n) is 2.60. The van der Waals surface area contributed by atoms with Crippen LogP contribution in [0.4, 0.5) is 0 Å². The molecular weight excluding hydrogens is 122 g/mol. The second-order valence-electron chi connectivity index (χ2n) is 1.53. The fraction of sp³-hybridized carbons (Fsp3) is 0.800. The molecule has 0 saturated carbocycles. The Labute approximate surface area is 53.2 Å². The van der Waals surface area contributed by atoms with E-state index in [0.29, 0.717) is 0 Å². The Morgan fingerprint density at radius 2 is 2.38 bits per heavy atom. The van der Waals surface area contributed by atoms with Gasteiger partial charge in [-0.05, 0) is 12.8 Å². The van der Waals surface area contributed by atoms with Crippen molar-refractivity contribution >= 4 is 16.6 Å². The van der Waals surface area contributed by atoms with Crippen LogP contribution in [0.15, 0.2) is 0 Å². The van der Waals surface area contributed by atoms with Crippen LogP contribution in [0, 0.1) is 0 Å². The van der Waals surface area contributed by atoms with Crippen LogP contribution >= 0.6 is 10.8 Å². The van der Waals surface area contributed by atoms with Gasteiger partial charge >= 0.3 is 0 Å². The summed E-state index contributed by atoms with van der Waals surface area (Å²) in [5.74, 6) is 4.67. The second kappa shape index (κ2) is 4.06. The summed E-state index contributed by atoms with van der Waals surface area (Å²) in [6, 6.07) is 0. The van der Waals surface area contributed by atoms with Gasteiger partial charge in [-0.3, -0.25) is 0 Å². The third-order valence-corrected chi connectivity index (χ3v) is 1.83. The summed E-state index contributed by atoms with van der Waals surface area (Å²) < 4.78 is 5.09. The van der Waals surface area contributed by atoms with Crippen molar-refractivity contribution < 1.29 is 4.18 Å². The zero-order valence-electron chi connectivity index (χ0n) is 5.39. The highest BCUT2D eigenvalue weighted by atomic mass is 32.2. The summed E-state index contributed by atoms with van der Waals surface area (Å²) in [6.07, 6.45) is -0.171. The number of hydrogen-bond donors (Lipinski definition) is 1. The Hall–Kier alpha value is 0.140. The molecule has 2 nitrogen and oxygen atoms in total. The van der Waals surface area contributed by atoms with Crippen LogP contribution in [0.2, 0.25) is 0 Å². The van der Waals surface area contributed by atoms with E-state index in [9.17, 15) is 0 Å². The molecule has 0 bridgehead atoms. The van der Waals surface area contributed by atoms with Gasteiger partial charge in [0.2, 0.25) is 0 Å². The molecule has 2 atom stereocenters. The molecule has 8 heavy (non-hydrogen) atoms. The van der Waals surface area contributed by atoms with Gasteiger partial charge in [-0.1, -0.05) is 17.7 Å². The third-order valence-electron chi connectivity index (χ3n) is 0.610. The lowest BCUT2D eigenvalue weighted by Crippen LogP contribution is -2.16. The Morgan fingerprint density at radius 1 is 1.88 bits per heavy atom. The highest BCUT2D eigenvalue weighted by Crippen LogP contribution is 2.10. The molecule has 0 heterocycles. The maximum Gasteiger partial charge on any atom is 0.116 e. The fourth-order valence-corrected chi connectivity index (χ4v) is 0.848. The van der Waals surface area contributed by atoms with E-state index in [4.69, 9.17) is 9.92 Å². The lowest BCUT2D eigenvalue weighted by atomic mass is 10.7. The Kier molecular flexibility index (Phi) is 4.13. The summed E-state index contributed by atoms with van der Waals surface area (Å²) >= 11 is 0. The van der Waals surface area contributed by atoms with E-state index in [1.165, 1.54) is 0 Å². The molecule has 0 fully saturated rings. The predicted octanol–water partition coefficient (Wildman–Crippen LogP) is 0.944. The van der Waals surface area contributed by atoms with E-state index in [2.05, 4.69) is 5.87 Å². The quantitative estimate of drug-likeness (QED) is 0.462. The number of rotatable bonds is 3. The molecule has 0 aliphatic rings. The summed E-state index contributed by atoms with van der Waals surface area (Å²) in [7, 11) is -0.182. The zero-order chi connectivity index (χ0) is 6.57. The minimum atomic E-state index is -0.182. The summed E-state index contributed by atoms with van der Waals surface area (Å²) in [4.78, 5) is 0. The van der Waals surface area contributed by atoms with E-state index in [1.807, 2.05) is 6.92 Å². The smallest absolute Gasteiger partial charge is 0.116 e. The summed E-state index contributed by atoms with van der Waals surface area (Å²) in [6.45, 7) is 3.83. The van der Waals surface area contributed by atoms with Gasteiger partial charge in [-0.15, -0.1) is 0 Å². The van der Waals surface area contributed by atoms with Crippen molar-refractivity contribution in [1.29, 1.82) is 0 Å². The predicted molar refractivity (Wildman–Crippen MR) is 40.0 cm³/mol. The molecule has 0 spiro atoms. The first-order valence-corrected chi connectivity index (χ1v) is 4.09. The van der Waals surface area contributed by atoms with Crippen LogP contribution in [0.3, 0.4) is 0 Å². The van der Waals surface area contributed by atoms with Crippen molar-refractivity contribution in [2.24, 2.45) is 5.73 Å². The summed E-state index contributed by atoms with van der Waals surface area (Å²) in [5.41, 5.74) is 5.31. The summed E-state index contributed by atoms with van der Waals surface area (Å²) in [5, 5.41) is 0. The normalized spacial score (nSPS) is 17.9. The monoisotopic (exact) mass is 135 g/mol. The van der Waals surface area contributed by atoms with Gasteiger partial charge in [0.25, 0.3) is 0 Å². The Morgan fingerprint density at radius 3 is 2.50 bits per heavy atom. The Balaban J connectivity index is 3.25. The van der Waals surface area contributed by atoms with Crippen molar-refractivity contribution in [2.45, 2.75) is 20.1 Å². The average molecular weight is 135 g/mol. The topological polar surface area (TPSA) is 35.2 Å². The van der Waals surface area contributed by atoms with Gasteiger partial charge in [0.05, 0.1) is 0 Å². The van der Waals surface area contributed by atoms with E-state index in [0.717, 1.165) is 5.75 Å². The largest absolute Gasteiger partial charge is 0.305 e. The van der Waals surface area contributed by atoms with Gasteiger partial charge in [0.15, 0.2) is 0 Å². The van der Waals surface area contributed by atoms with Gasteiger partial charge in [-0.2, -0.15) is 0 Å². The maximum atomic E-state index is 5.31. The van der Waals surface area contributed by atoms with Crippen molar-refractivity contribution in [3.8, 4) is 0 Å². The highest BCUT2D eigenvalue weighted by molar-refractivity contribution is 8.09. The molecule has 0 aliphatic heterocycles. The van der Waals surface area contributed by atoms with E-state index in [1.54, 1.807) is 6.92 Å². The molecule has 0 aromatic rings. The zero-order valence-corrected chi connectivity index (χ0v) is 6.20. The van der Waals surface area contributed by atoms with Gasteiger partial charge < -0.3 is 9.92 Å². The number of hydrogen-bond acceptors (Lipinski definition) is 2. The SMILES string of the molecule is C=S(CC)OC(C)N. The van der Waals surface area contributed by atoms with Gasteiger partial charge in [0, 0.05) is 5.75 Å². The lowest BCUT2D eigenvalue weighted by Gasteiger charge is -2.07. The molecule has 2 N–H and O–H groups in total. The molecule has 50 valence electrons. The molecule has 0 amide bonds. The minimum absolute atomic E-state index is 0.171. The minimum Gasteiger partial charge on any atom is -0.305 e. The molecule has 0 aromatic carbocycles. The maximum absolute atomic E-state index is 5.31. The Bertz CT molecular complexity index is 82.5. The van der Waals surface area contributed by atoms with Gasteiger partial charge in [0.1, 0.15) is 6.23 Å². The molecule has 0 aliphatic carbocycles. The molecular formula is C5H13NOS. The van der Waals surface area contributed by atoms with Crippen LogP contribution < -0.4 is 5.73 Å². The first kappa shape index (κ1) is 8.14. The van der Waals surface area contributed by atoms with Crippen LogP contribution in [0.1, 0.15) is 13.8 Å². The molecule has 0 aromatic heterocycles. The van der Waals surface area contributed by atoms with E-state index in [-0.39, 0.29) is 17.0 Å². The van der Waals surface area contributed by atoms with Crippen molar-refractivity contribution in [1.82, 2.24) is 0 Å². The van der Waals surface area contributed by atoms with Crippen LogP contribution in [0.25, 0.3) is 0 Å². The van der Waals surface area contributed by atoms with Crippen molar-refractivity contribution in [3.63, 3.8) is 0 Å². The highest BCUT2D eigenvalue weighted by Gasteiger charge is 1.91. The molecule has 0 rings (SSSR count). The molecule has 0 saturated heterocycles. The standard InChI is InChI=1S/C5H13NOS/c1-4-8(3)7-5(2)6/h5H,3-4,6H2,1-2H3. The molecule has 2 unspecified atom stereocenters. The first-order chi connectivity index (χ1) is 3.66. The van der Waals surface area contributed by atoms with Gasteiger partial charge in [-0.25, -0.2) is 0 Å². The van der Waals surface area contributed by atoms with Crippen LogP contribution in [0.5, 0.6) is 0 Å². The van der Waals surface area contributed by atoms with Crippen LogP contribution in [-0.2, 0) is 4.18 Å². The molecule has 3 heteroatoms. The third kappa shape index (κ3) is 4.30. The van der Waals surface area contributed by atoms with Crippen molar-refractivity contribution in [3.05, 3.63) is 0 Å².